The Bertz CT molecular complexity index is 363. The Morgan fingerprint density at radius 2 is 2.11 bits per heavy atom. The normalized spacial score (nSPS) is 18.2. The average molecular weight is 269 g/mol. The van der Waals surface area contributed by atoms with Crippen LogP contribution in [0.3, 0.4) is 0 Å². The fraction of sp³-hybridized carbons (Fsp3) is 0.500. The molecule has 4 heteroatoms. The van der Waals surface area contributed by atoms with E-state index >= 15 is 0 Å². The number of carbonyl (C=O) groups excluding carboxylic acids is 1. The number of hydrogen-bond donors (Lipinski definition) is 1. The Kier molecular flexibility index (Phi) is 6.16. The Morgan fingerprint density at radius 1 is 1.39 bits per heavy atom. The Morgan fingerprint density at radius 3 is 2.72 bits per heavy atom. The van der Waals surface area contributed by atoms with Crippen LogP contribution in [-0.2, 0) is 11.3 Å². The van der Waals surface area contributed by atoms with E-state index in [0.29, 0.717) is 18.9 Å². The molecule has 1 aromatic carbocycles. The quantitative estimate of drug-likeness (QED) is 0.907. The smallest absolute Gasteiger partial charge is 0.222 e. The second kappa shape index (κ2) is 7.39. The van der Waals surface area contributed by atoms with Crippen LogP contribution in [0.15, 0.2) is 30.3 Å². The van der Waals surface area contributed by atoms with Crippen LogP contribution >= 0.6 is 12.4 Å². The predicted molar refractivity (Wildman–Crippen MR) is 75.8 cm³/mol. The molecule has 1 aliphatic rings. The summed E-state index contributed by atoms with van der Waals surface area (Å²) in [6, 6.07) is 10.1. The topological polar surface area (TPSA) is 32.3 Å². The summed E-state index contributed by atoms with van der Waals surface area (Å²) in [5.74, 6) is 0.781. The van der Waals surface area contributed by atoms with Gasteiger partial charge in [0.15, 0.2) is 0 Å². The van der Waals surface area contributed by atoms with Gasteiger partial charge in [-0.15, -0.1) is 12.4 Å². The third kappa shape index (κ3) is 4.31. The number of hydrogen-bond acceptors (Lipinski definition) is 2. The molecule has 2 rings (SSSR count). The first-order valence-corrected chi connectivity index (χ1v) is 6.24. The van der Waals surface area contributed by atoms with Crippen molar-refractivity contribution in [2.75, 3.05) is 20.1 Å². The van der Waals surface area contributed by atoms with Crippen LogP contribution in [0, 0.1) is 5.92 Å². The largest absolute Gasteiger partial charge is 0.341 e. The van der Waals surface area contributed by atoms with Crippen molar-refractivity contribution in [3.05, 3.63) is 35.9 Å². The van der Waals surface area contributed by atoms with E-state index in [4.69, 9.17) is 0 Å². The van der Waals surface area contributed by atoms with Gasteiger partial charge >= 0.3 is 0 Å². The van der Waals surface area contributed by atoms with Crippen LogP contribution in [0.5, 0.6) is 0 Å². The minimum absolute atomic E-state index is 0. The van der Waals surface area contributed by atoms with Crippen LogP contribution < -0.4 is 5.32 Å². The second-order valence-corrected chi connectivity index (χ2v) is 4.80. The van der Waals surface area contributed by atoms with Crippen molar-refractivity contribution in [3.63, 3.8) is 0 Å². The first-order valence-electron chi connectivity index (χ1n) is 6.24. The monoisotopic (exact) mass is 268 g/mol. The van der Waals surface area contributed by atoms with Crippen molar-refractivity contribution in [1.82, 2.24) is 10.2 Å². The van der Waals surface area contributed by atoms with Gasteiger partial charge in [-0.25, -0.2) is 0 Å². The van der Waals surface area contributed by atoms with E-state index in [9.17, 15) is 4.79 Å². The highest BCUT2D eigenvalue weighted by Gasteiger charge is 2.20. The molecular formula is C14H21ClN2O. The molecule has 0 bridgehead atoms. The van der Waals surface area contributed by atoms with Gasteiger partial charge in [0.25, 0.3) is 0 Å². The van der Waals surface area contributed by atoms with Gasteiger partial charge in [-0.1, -0.05) is 30.3 Å². The molecule has 0 aliphatic carbocycles. The molecule has 1 saturated heterocycles. The van der Waals surface area contributed by atoms with Crippen molar-refractivity contribution >= 4 is 18.3 Å². The van der Waals surface area contributed by atoms with Crippen LogP contribution in [0.1, 0.15) is 18.4 Å². The number of carbonyl (C=O) groups is 1. The lowest BCUT2D eigenvalue weighted by Crippen LogP contribution is -2.28. The van der Waals surface area contributed by atoms with Crippen molar-refractivity contribution in [2.45, 2.75) is 19.4 Å². The maximum atomic E-state index is 12.0. The number of benzene rings is 1. The van der Waals surface area contributed by atoms with Crippen molar-refractivity contribution in [3.8, 4) is 0 Å². The van der Waals surface area contributed by atoms with Crippen molar-refractivity contribution in [1.29, 1.82) is 0 Å². The minimum Gasteiger partial charge on any atom is -0.341 e. The van der Waals surface area contributed by atoms with E-state index in [2.05, 4.69) is 17.4 Å². The Labute approximate surface area is 115 Å². The van der Waals surface area contributed by atoms with Crippen LogP contribution in [0.2, 0.25) is 0 Å². The number of halogens is 1. The molecule has 1 amide bonds. The summed E-state index contributed by atoms with van der Waals surface area (Å²) < 4.78 is 0. The highest BCUT2D eigenvalue weighted by Crippen LogP contribution is 2.14. The van der Waals surface area contributed by atoms with Gasteiger partial charge in [0.1, 0.15) is 0 Å². The molecule has 1 atom stereocenters. The molecule has 1 N–H and O–H groups in total. The van der Waals surface area contributed by atoms with Gasteiger partial charge in [-0.2, -0.15) is 0 Å². The zero-order valence-corrected chi connectivity index (χ0v) is 11.6. The molecule has 1 aromatic rings. The van der Waals surface area contributed by atoms with Gasteiger partial charge in [-0.05, 0) is 31.0 Å². The van der Waals surface area contributed by atoms with Crippen LogP contribution in [-0.4, -0.2) is 30.9 Å². The number of nitrogens with zero attached hydrogens (tertiary/aromatic N) is 1. The summed E-state index contributed by atoms with van der Waals surface area (Å²) in [5.41, 5.74) is 1.19. The lowest BCUT2D eigenvalue weighted by molar-refractivity contribution is -0.131. The van der Waals surface area contributed by atoms with Gasteiger partial charge in [-0.3, -0.25) is 4.79 Å². The number of nitrogens with one attached hydrogen (secondary N) is 1. The molecule has 0 spiro atoms. The third-order valence-corrected chi connectivity index (χ3v) is 3.31. The van der Waals surface area contributed by atoms with Gasteiger partial charge in [0.2, 0.25) is 5.91 Å². The fourth-order valence-electron chi connectivity index (χ4n) is 2.24. The summed E-state index contributed by atoms with van der Waals surface area (Å²) >= 11 is 0. The Hall–Kier alpha value is -1.06. The Balaban J connectivity index is 0.00000162. The molecule has 1 fully saturated rings. The first-order chi connectivity index (χ1) is 8.25. The molecule has 0 aromatic heterocycles. The van der Waals surface area contributed by atoms with E-state index in [1.807, 2.05) is 30.1 Å². The summed E-state index contributed by atoms with van der Waals surface area (Å²) in [6.45, 7) is 2.76. The zero-order valence-electron chi connectivity index (χ0n) is 10.8. The summed E-state index contributed by atoms with van der Waals surface area (Å²) in [6.07, 6.45) is 1.81. The third-order valence-electron chi connectivity index (χ3n) is 3.31. The number of rotatable bonds is 4. The van der Waals surface area contributed by atoms with Gasteiger partial charge < -0.3 is 10.2 Å². The molecule has 3 nitrogen and oxygen atoms in total. The molecule has 1 unspecified atom stereocenters. The lowest BCUT2D eigenvalue weighted by atomic mass is 10.0. The first kappa shape index (κ1) is 15.0. The maximum absolute atomic E-state index is 12.0. The number of amides is 1. The molecule has 0 saturated carbocycles. The highest BCUT2D eigenvalue weighted by molar-refractivity contribution is 5.85. The molecule has 100 valence electrons. The molecule has 18 heavy (non-hydrogen) atoms. The van der Waals surface area contributed by atoms with E-state index < -0.39 is 0 Å². The summed E-state index contributed by atoms with van der Waals surface area (Å²) in [4.78, 5) is 13.8. The molecule has 0 radical (unpaired) electrons. The maximum Gasteiger partial charge on any atom is 0.222 e. The van der Waals surface area contributed by atoms with Gasteiger partial charge in [0, 0.05) is 20.0 Å². The van der Waals surface area contributed by atoms with E-state index in [1.165, 1.54) is 5.56 Å². The van der Waals surface area contributed by atoms with E-state index in [-0.39, 0.29) is 18.3 Å². The van der Waals surface area contributed by atoms with E-state index in [1.54, 1.807) is 0 Å². The lowest BCUT2D eigenvalue weighted by Gasteiger charge is -2.19. The van der Waals surface area contributed by atoms with E-state index in [0.717, 1.165) is 19.5 Å². The van der Waals surface area contributed by atoms with Gasteiger partial charge in [0.05, 0.1) is 0 Å². The van der Waals surface area contributed by atoms with Crippen LogP contribution in [0.25, 0.3) is 0 Å². The predicted octanol–water partition coefficient (Wildman–Crippen LogP) is 2.07. The SMILES string of the molecule is CN(Cc1ccccc1)C(=O)CC1CCNC1.Cl. The summed E-state index contributed by atoms with van der Waals surface area (Å²) in [5, 5.41) is 3.30. The standard InChI is InChI=1S/C14H20N2O.ClH/c1-16(11-12-5-3-2-4-6-12)14(17)9-13-7-8-15-10-13;/h2-6,13,15H,7-11H2,1H3;1H. The van der Waals surface area contributed by atoms with Crippen molar-refractivity contribution < 1.29 is 4.79 Å². The molecule has 1 heterocycles. The fourth-order valence-corrected chi connectivity index (χ4v) is 2.24. The van der Waals surface area contributed by atoms with Crippen molar-refractivity contribution in [2.24, 2.45) is 5.92 Å². The second-order valence-electron chi connectivity index (χ2n) is 4.80. The minimum atomic E-state index is 0. The van der Waals surface area contributed by atoms with Crippen LogP contribution in [0.4, 0.5) is 0 Å². The highest BCUT2D eigenvalue weighted by atomic mass is 35.5. The average Bonchev–Trinajstić information content (AvgIpc) is 2.83. The zero-order chi connectivity index (χ0) is 12.1. The summed E-state index contributed by atoms with van der Waals surface area (Å²) in [7, 11) is 1.89. The molecule has 1 aliphatic heterocycles. The molecular weight excluding hydrogens is 248 g/mol.